The van der Waals surface area contributed by atoms with Crippen LogP contribution in [0.15, 0.2) is 65.5 Å². The standard InChI is InChI=1S/C23H26N4O2/c1-25-23(29)27(20-12-6-3-7-13-20)22(24-25)19-11-8-16-26(17-19)21(28)15-14-18-9-4-2-5-10-18/h2-7,9-10,12-13,19H,8,11,14-17H2,1H3. The molecule has 4 rings (SSSR count). The third-order valence-electron chi connectivity index (χ3n) is 5.57. The van der Waals surface area contributed by atoms with E-state index in [1.54, 1.807) is 11.6 Å². The van der Waals surface area contributed by atoms with Crippen LogP contribution in [0.5, 0.6) is 0 Å². The maximum atomic E-state index is 12.8. The number of rotatable bonds is 5. The molecule has 1 amide bonds. The molecule has 6 nitrogen and oxygen atoms in total. The van der Waals surface area contributed by atoms with Crippen molar-refractivity contribution in [2.24, 2.45) is 7.05 Å². The van der Waals surface area contributed by atoms with Gasteiger partial charge in [0.25, 0.3) is 0 Å². The van der Waals surface area contributed by atoms with E-state index in [0.717, 1.165) is 37.3 Å². The average Bonchev–Trinajstić information content (AvgIpc) is 3.08. The summed E-state index contributed by atoms with van der Waals surface area (Å²) in [6.07, 6.45) is 3.09. The first kappa shape index (κ1) is 19.2. The van der Waals surface area contributed by atoms with E-state index < -0.39 is 0 Å². The number of carbonyl (C=O) groups excluding carboxylic acids is 1. The molecule has 0 saturated carbocycles. The van der Waals surface area contributed by atoms with Crippen LogP contribution in [-0.4, -0.2) is 38.2 Å². The van der Waals surface area contributed by atoms with Gasteiger partial charge in [-0.2, -0.15) is 5.10 Å². The molecule has 3 aromatic rings. The summed E-state index contributed by atoms with van der Waals surface area (Å²) in [6.45, 7) is 1.38. The van der Waals surface area contributed by atoms with Gasteiger partial charge in [-0.1, -0.05) is 48.5 Å². The van der Waals surface area contributed by atoms with Gasteiger partial charge >= 0.3 is 5.69 Å². The zero-order valence-corrected chi connectivity index (χ0v) is 16.7. The summed E-state index contributed by atoms with van der Waals surface area (Å²) in [5.41, 5.74) is 1.84. The van der Waals surface area contributed by atoms with E-state index >= 15 is 0 Å². The van der Waals surface area contributed by atoms with Crippen LogP contribution in [-0.2, 0) is 18.3 Å². The Morgan fingerprint density at radius 1 is 1.07 bits per heavy atom. The van der Waals surface area contributed by atoms with Crippen molar-refractivity contribution in [2.45, 2.75) is 31.6 Å². The number of benzene rings is 2. The molecule has 6 heteroatoms. The van der Waals surface area contributed by atoms with Crippen molar-refractivity contribution in [3.8, 4) is 5.69 Å². The minimum Gasteiger partial charge on any atom is -0.342 e. The molecule has 2 heterocycles. The highest BCUT2D eigenvalue weighted by Crippen LogP contribution is 2.27. The number of para-hydroxylation sites is 1. The third kappa shape index (κ3) is 4.16. The van der Waals surface area contributed by atoms with Crippen LogP contribution in [0.4, 0.5) is 0 Å². The largest absolute Gasteiger partial charge is 0.350 e. The molecule has 0 spiro atoms. The smallest absolute Gasteiger partial charge is 0.342 e. The molecule has 29 heavy (non-hydrogen) atoms. The normalized spacial score (nSPS) is 16.7. The van der Waals surface area contributed by atoms with E-state index in [1.807, 2.05) is 53.4 Å². The highest BCUT2D eigenvalue weighted by Gasteiger charge is 2.29. The maximum absolute atomic E-state index is 12.8. The van der Waals surface area contributed by atoms with Crippen molar-refractivity contribution in [3.63, 3.8) is 0 Å². The van der Waals surface area contributed by atoms with Gasteiger partial charge in [0.05, 0.1) is 5.69 Å². The summed E-state index contributed by atoms with van der Waals surface area (Å²) >= 11 is 0. The fraction of sp³-hybridized carbons (Fsp3) is 0.348. The fourth-order valence-electron chi connectivity index (χ4n) is 4.04. The molecule has 1 aliphatic heterocycles. The lowest BCUT2D eigenvalue weighted by Crippen LogP contribution is -2.40. The van der Waals surface area contributed by atoms with Crippen LogP contribution in [0.25, 0.3) is 5.69 Å². The molecule has 0 bridgehead atoms. The first-order valence-electron chi connectivity index (χ1n) is 10.2. The van der Waals surface area contributed by atoms with E-state index in [2.05, 4.69) is 17.2 Å². The Bertz CT molecular complexity index is 1020. The van der Waals surface area contributed by atoms with Crippen molar-refractivity contribution in [2.75, 3.05) is 13.1 Å². The molecule has 1 aromatic heterocycles. The lowest BCUT2D eigenvalue weighted by atomic mass is 9.96. The zero-order chi connectivity index (χ0) is 20.2. The van der Waals surface area contributed by atoms with Crippen molar-refractivity contribution in [3.05, 3.63) is 82.5 Å². The second-order valence-corrected chi connectivity index (χ2v) is 7.60. The Kier molecular flexibility index (Phi) is 5.60. The van der Waals surface area contributed by atoms with Gasteiger partial charge in [0, 0.05) is 32.5 Å². The Morgan fingerprint density at radius 2 is 1.76 bits per heavy atom. The molecule has 1 saturated heterocycles. The summed E-state index contributed by atoms with van der Waals surface area (Å²) in [5.74, 6) is 0.964. The number of amides is 1. The molecule has 1 fully saturated rings. The van der Waals surface area contributed by atoms with E-state index in [-0.39, 0.29) is 17.5 Å². The highest BCUT2D eigenvalue weighted by molar-refractivity contribution is 5.76. The predicted molar refractivity (Wildman–Crippen MR) is 112 cm³/mol. The molecule has 0 radical (unpaired) electrons. The van der Waals surface area contributed by atoms with E-state index in [0.29, 0.717) is 13.0 Å². The Hall–Kier alpha value is -3.15. The van der Waals surface area contributed by atoms with Gasteiger partial charge in [0.2, 0.25) is 5.91 Å². The minimum absolute atomic E-state index is 0.0542. The number of hydrogen-bond acceptors (Lipinski definition) is 3. The number of aromatic nitrogens is 3. The SMILES string of the molecule is Cn1nc(C2CCCN(C(=O)CCc3ccccc3)C2)n(-c2ccccc2)c1=O. The molecule has 1 atom stereocenters. The van der Waals surface area contributed by atoms with E-state index in [9.17, 15) is 9.59 Å². The van der Waals surface area contributed by atoms with Gasteiger partial charge in [0.15, 0.2) is 0 Å². The summed E-state index contributed by atoms with van der Waals surface area (Å²) in [6, 6.07) is 19.7. The third-order valence-corrected chi connectivity index (χ3v) is 5.57. The van der Waals surface area contributed by atoms with Crippen LogP contribution in [0.3, 0.4) is 0 Å². The van der Waals surface area contributed by atoms with Crippen molar-refractivity contribution in [1.29, 1.82) is 0 Å². The van der Waals surface area contributed by atoms with Crippen molar-refractivity contribution < 1.29 is 4.79 Å². The van der Waals surface area contributed by atoms with Crippen LogP contribution >= 0.6 is 0 Å². The number of nitrogens with zero attached hydrogens (tertiary/aromatic N) is 4. The van der Waals surface area contributed by atoms with Crippen molar-refractivity contribution >= 4 is 5.91 Å². The van der Waals surface area contributed by atoms with Gasteiger partial charge in [-0.15, -0.1) is 0 Å². The number of likely N-dealkylation sites (tertiary alicyclic amines) is 1. The molecule has 0 N–H and O–H groups in total. The lowest BCUT2D eigenvalue weighted by Gasteiger charge is -2.32. The van der Waals surface area contributed by atoms with Gasteiger partial charge in [-0.25, -0.2) is 14.0 Å². The highest BCUT2D eigenvalue weighted by atomic mass is 16.2. The molecular formula is C23H26N4O2. The first-order chi connectivity index (χ1) is 14.1. The quantitative estimate of drug-likeness (QED) is 0.673. The number of piperidine rings is 1. The Morgan fingerprint density at radius 3 is 2.48 bits per heavy atom. The monoisotopic (exact) mass is 390 g/mol. The molecule has 0 aliphatic carbocycles. The average molecular weight is 390 g/mol. The second kappa shape index (κ2) is 8.47. The minimum atomic E-state index is -0.154. The molecule has 1 unspecified atom stereocenters. The van der Waals surface area contributed by atoms with Crippen LogP contribution < -0.4 is 5.69 Å². The zero-order valence-electron chi connectivity index (χ0n) is 16.7. The van der Waals surface area contributed by atoms with Crippen molar-refractivity contribution in [1.82, 2.24) is 19.2 Å². The van der Waals surface area contributed by atoms with E-state index in [1.165, 1.54) is 10.2 Å². The van der Waals surface area contributed by atoms with Crippen LogP contribution in [0.1, 0.15) is 36.6 Å². The topological polar surface area (TPSA) is 60.1 Å². The fourth-order valence-corrected chi connectivity index (χ4v) is 4.04. The van der Waals surface area contributed by atoms with Gasteiger partial charge < -0.3 is 4.90 Å². The molecule has 150 valence electrons. The first-order valence-corrected chi connectivity index (χ1v) is 10.2. The summed E-state index contributed by atoms with van der Waals surface area (Å²) < 4.78 is 3.07. The predicted octanol–water partition coefficient (Wildman–Crippen LogP) is 2.91. The molecule has 2 aromatic carbocycles. The molecule has 1 aliphatic rings. The lowest BCUT2D eigenvalue weighted by molar-refractivity contribution is -0.132. The summed E-state index contributed by atoms with van der Waals surface area (Å²) in [5, 5.41) is 4.53. The van der Waals surface area contributed by atoms with Crippen LogP contribution in [0.2, 0.25) is 0 Å². The van der Waals surface area contributed by atoms with Crippen LogP contribution in [0, 0.1) is 0 Å². The Labute approximate surface area is 170 Å². The van der Waals surface area contributed by atoms with E-state index in [4.69, 9.17) is 0 Å². The molecular weight excluding hydrogens is 364 g/mol. The summed E-state index contributed by atoms with van der Waals surface area (Å²) in [7, 11) is 1.68. The number of hydrogen-bond donors (Lipinski definition) is 0. The van der Waals surface area contributed by atoms with Gasteiger partial charge in [-0.05, 0) is 37.0 Å². The maximum Gasteiger partial charge on any atom is 0.350 e. The number of carbonyl (C=O) groups is 1. The van der Waals surface area contributed by atoms with Gasteiger partial charge in [-0.3, -0.25) is 4.79 Å². The number of aryl methyl sites for hydroxylation is 2. The summed E-state index contributed by atoms with van der Waals surface area (Å²) in [4.78, 5) is 27.4. The Balaban J connectivity index is 1.51. The van der Waals surface area contributed by atoms with Gasteiger partial charge in [0.1, 0.15) is 5.82 Å². The second-order valence-electron chi connectivity index (χ2n) is 7.60.